The molecule has 2 aromatic heterocycles. The summed E-state index contributed by atoms with van der Waals surface area (Å²) in [6.45, 7) is 1.53. The lowest BCUT2D eigenvalue weighted by molar-refractivity contribution is -0.143. The van der Waals surface area contributed by atoms with Crippen LogP contribution in [0.5, 0.6) is 5.88 Å². The Morgan fingerprint density at radius 2 is 2.10 bits per heavy atom. The molecule has 6 nitrogen and oxygen atoms in total. The van der Waals surface area contributed by atoms with Gasteiger partial charge < -0.3 is 10.5 Å². The Balaban J connectivity index is 2.74. The number of nitrogens with two attached hydrogens (primary N) is 1. The van der Waals surface area contributed by atoms with E-state index < -0.39 is 23.3 Å². The highest BCUT2D eigenvalue weighted by Gasteiger charge is 2.40. The summed E-state index contributed by atoms with van der Waals surface area (Å²) in [5.74, 6) is -1.04. The number of rotatable bonds is 3. The molecule has 9 heteroatoms. The third-order valence-electron chi connectivity index (χ3n) is 2.85. The maximum absolute atomic E-state index is 13.2. The van der Waals surface area contributed by atoms with Crippen molar-refractivity contribution in [3.8, 4) is 11.6 Å². The third kappa shape index (κ3) is 2.54. The van der Waals surface area contributed by atoms with E-state index in [-0.39, 0.29) is 11.6 Å². The average Bonchev–Trinajstić information content (AvgIpc) is 2.83. The summed E-state index contributed by atoms with van der Waals surface area (Å²) < 4.78 is 45.1. The van der Waals surface area contributed by atoms with E-state index in [9.17, 15) is 18.0 Å². The minimum absolute atomic E-state index is 0.0988. The fourth-order valence-electron chi connectivity index (χ4n) is 1.93. The van der Waals surface area contributed by atoms with Crippen molar-refractivity contribution in [1.82, 2.24) is 14.8 Å². The molecule has 0 spiro atoms. The second-order valence-electron chi connectivity index (χ2n) is 4.15. The number of nitrogens with zero attached hydrogens (tertiary/aromatic N) is 3. The van der Waals surface area contributed by atoms with E-state index in [1.165, 1.54) is 26.3 Å². The molecule has 2 aromatic rings. The molecular weight excluding hydrogens is 289 g/mol. The molecule has 2 heterocycles. The number of hydrogen-bond donors (Lipinski definition) is 1. The first-order valence-electron chi connectivity index (χ1n) is 5.72. The van der Waals surface area contributed by atoms with Gasteiger partial charge in [0.05, 0.1) is 24.6 Å². The van der Waals surface area contributed by atoms with Gasteiger partial charge in [0.15, 0.2) is 5.69 Å². The highest BCUT2D eigenvalue weighted by atomic mass is 19.4. The van der Waals surface area contributed by atoms with Gasteiger partial charge in [-0.3, -0.25) is 4.79 Å². The van der Waals surface area contributed by atoms with Crippen molar-refractivity contribution in [2.24, 2.45) is 5.73 Å². The molecule has 0 unspecified atom stereocenters. The van der Waals surface area contributed by atoms with Crippen molar-refractivity contribution < 1.29 is 22.7 Å². The van der Waals surface area contributed by atoms with E-state index in [2.05, 4.69) is 10.1 Å². The lowest BCUT2D eigenvalue weighted by atomic mass is 10.2. The molecule has 0 aliphatic rings. The van der Waals surface area contributed by atoms with Gasteiger partial charge in [-0.05, 0) is 13.0 Å². The average molecular weight is 300 g/mol. The standard InChI is InChI=1S/C12H11F3N4O2/c1-6-8(3-4-17-11(6)21-2)19-9(12(13,14)15)7(5-18-19)10(16)20/h3-5H,1-2H3,(H2,16,20). The van der Waals surface area contributed by atoms with Gasteiger partial charge in [-0.25, -0.2) is 9.67 Å². The Morgan fingerprint density at radius 1 is 1.43 bits per heavy atom. The molecule has 1 amide bonds. The van der Waals surface area contributed by atoms with E-state index >= 15 is 0 Å². The summed E-state index contributed by atoms with van der Waals surface area (Å²) in [6.07, 6.45) is -2.71. The van der Waals surface area contributed by atoms with Gasteiger partial charge >= 0.3 is 6.18 Å². The minimum Gasteiger partial charge on any atom is -0.481 e. The van der Waals surface area contributed by atoms with Crippen LogP contribution < -0.4 is 10.5 Å². The maximum atomic E-state index is 13.2. The number of primary amides is 1. The predicted molar refractivity (Wildman–Crippen MR) is 66.2 cm³/mol. The fraction of sp³-hybridized carbons (Fsp3) is 0.250. The number of ether oxygens (including phenoxy) is 1. The number of alkyl halides is 3. The molecule has 2 N–H and O–H groups in total. The maximum Gasteiger partial charge on any atom is 0.434 e. The molecule has 0 aliphatic carbocycles. The number of methoxy groups -OCH3 is 1. The summed E-state index contributed by atoms with van der Waals surface area (Å²) in [6, 6.07) is 1.34. The molecule has 0 radical (unpaired) electrons. The van der Waals surface area contributed by atoms with Gasteiger partial charge in [-0.1, -0.05) is 0 Å². The molecule has 0 aromatic carbocycles. The van der Waals surface area contributed by atoms with Gasteiger partial charge in [-0.15, -0.1) is 0 Å². The summed E-state index contributed by atoms with van der Waals surface area (Å²) >= 11 is 0. The van der Waals surface area contributed by atoms with Crippen molar-refractivity contribution in [1.29, 1.82) is 0 Å². The fourth-order valence-corrected chi connectivity index (χ4v) is 1.93. The molecule has 0 fully saturated rings. The first kappa shape index (κ1) is 14.8. The second-order valence-corrected chi connectivity index (χ2v) is 4.15. The highest BCUT2D eigenvalue weighted by molar-refractivity contribution is 5.94. The van der Waals surface area contributed by atoms with Crippen molar-refractivity contribution in [2.75, 3.05) is 7.11 Å². The largest absolute Gasteiger partial charge is 0.481 e. The quantitative estimate of drug-likeness (QED) is 0.935. The molecule has 21 heavy (non-hydrogen) atoms. The predicted octanol–water partition coefficient (Wildman–Crippen LogP) is 1.70. The number of carbonyl (C=O) groups excluding carboxylic acids is 1. The zero-order chi connectivity index (χ0) is 15.8. The number of hydrogen-bond acceptors (Lipinski definition) is 4. The normalized spacial score (nSPS) is 11.5. The Bertz CT molecular complexity index is 694. The SMILES string of the molecule is COc1nccc(-n2ncc(C(N)=O)c2C(F)(F)F)c1C. The second kappa shape index (κ2) is 5.08. The number of pyridine rings is 1. The van der Waals surface area contributed by atoms with Crippen LogP contribution in [-0.2, 0) is 6.18 Å². The third-order valence-corrected chi connectivity index (χ3v) is 2.85. The molecule has 2 rings (SSSR count). The highest BCUT2D eigenvalue weighted by Crippen LogP contribution is 2.34. The Labute approximate surface area is 117 Å². The molecule has 0 bridgehead atoms. The Morgan fingerprint density at radius 3 is 2.62 bits per heavy atom. The van der Waals surface area contributed by atoms with E-state index in [0.717, 1.165) is 6.20 Å². The number of carbonyl (C=O) groups is 1. The molecule has 0 saturated heterocycles. The van der Waals surface area contributed by atoms with Crippen LogP contribution in [0.15, 0.2) is 18.5 Å². The van der Waals surface area contributed by atoms with Gasteiger partial charge in [0.25, 0.3) is 5.91 Å². The van der Waals surface area contributed by atoms with Crippen LogP contribution in [0.4, 0.5) is 13.2 Å². The minimum atomic E-state index is -4.79. The lowest BCUT2D eigenvalue weighted by Gasteiger charge is -2.14. The summed E-state index contributed by atoms with van der Waals surface area (Å²) in [4.78, 5) is 15.0. The first-order valence-corrected chi connectivity index (χ1v) is 5.72. The molecule has 0 saturated carbocycles. The number of halogens is 3. The van der Waals surface area contributed by atoms with Crippen LogP contribution >= 0.6 is 0 Å². The van der Waals surface area contributed by atoms with E-state index in [1.807, 2.05) is 0 Å². The zero-order valence-corrected chi connectivity index (χ0v) is 11.1. The van der Waals surface area contributed by atoms with Crippen LogP contribution in [0, 0.1) is 6.92 Å². The molecular formula is C12H11F3N4O2. The zero-order valence-electron chi connectivity index (χ0n) is 11.1. The lowest BCUT2D eigenvalue weighted by Crippen LogP contribution is -2.21. The van der Waals surface area contributed by atoms with Crippen LogP contribution in [0.3, 0.4) is 0 Å². The van der Waals surface area contributed by atoms with Gasteiger partial charge in [0.1, 0.15) is 0 Å². The smallest absolute Gasteiger partial charge is 0.434 e. The van der Waals surface area contributed by atoms with E-state index in [4.69, 9.17) is 10.5 Å². The molecule has 112 valence electrons. The Hall–Kier alpha value is -2.58. The van der Waals surface area contributed by atoms with Crippen LogP contribution in [0.25, 0.3) is 5.69 Å². The van der Waals surface area contributed by atoms with Crippen molar-refractivity contribution >= 4 is 5.91 Å². The van der Waals surface area contributed by atoms with Crippen molar-refractivity contribution in [3.05, 3.63) is 35.3 Å². The van der Waals surface area contributed by atoms with E-state index in [1.54, 1.807) is 0 Å². The number of aromatic nitrogens is 3. The summed E-state index contributed by atoms with van der Waals surface area (Å²) in [7, 11) is 1.35. The first-order chi connectivity index (χ1) is 9.77. The summed E-state index contributed by atoms with van der Waals surface area (Å²) in [5.41, 5.74) is 3.49. The van der Waals surface area contributed by atoms with Crippen molar-refractivity contribution in [3.63, 3.8) is 0 Å². The molecule has 0 atom stereocenters. The van der Waals surface area contributed by atoms with E-state index in [0.29, 0.717) is 10.2 Å². The molecule has 0 aliphatic heterocycles. The van der Waals surface area contributed by atoms with Crippen molar-refractivity contribution in [2.45, 2.75) is 13.1 Å². The van der Waals surface area contributed by atoms with Crippen LogP contribution in [0.1, 0.15) is 21.6 Å². The van der Waals surface area contributed by atoms with Gasteiger partial charge in [-0.2, -0.15) is 18.3 Å². The Kier molecular flexibility index (Phi) is 3.58. The van der Waals surface area contributed by atoms with Gasteiger partial charge in [0, 0.05) is 11.8 Å². The van der Waals surface area contributed by atoms with Crippen LogP contribution in [-0.4, -0.2) is 27.8 Å². The monoisotopic (exact) mass is 300 g/mol. The topological polar surface area (TPSA) is 83.0 Å². The summed E-state index contributed by atoms with van der Waals surface area (Å²) in [5, 5.41) is 3.62. The number of amides is 1. The van der Waals surface area contributed by atoms with Gasteiger partial charge in [0.2, 0.25) is 5.88 Å². The van der Waals surface area contributed by atoms with Crippen LogP contribution in [0.2, 0.25) is 0 Å².